The largest absolute Gasteiger partial charge is 0.304 e. The molecule has 7 nitrogen and oxygen atoms in total. The van der Waals surface area contributed by atoms with E-state index in [1.54, 1.807) is 0 Å². The van der Waals surface area contributed by atoms with Gasteiger partial charge in [0.1, 0.15) is 4.70 Å². The Kier molecular flexibility index (Phi) is 6.10. The van der Waals surface area contributed by atoms with Crippen LogP contribution in [0, 0.1) is 0 Å². The quantitative estimate of drug-likeness (QED) is 0.315. The Morgan fingerprint density at radius 2 is 1.61 bits per heavy atom. The number of amides is 1. The van der Waals surface area contributed by atoms with Crippen LogP contribution in [0.15, 0.2) is 94.9 Å². The maximum atomic E-state index is 11.7. The average Bonchev–Trinajstić information content (AvgIpc) is 3.47. The molecule has 3 aromatic carbocycles. The number of thiazole rings is 1. The van der Waals surface area contributed by atoms with E-state index < -0.39 is 0 Å². The highest BCUT2D eigenvalue weighted by atomic mass is 35.5. The smallest absolute Gasteiger partial charge is 0.254 e. The van der Waals surface area contributed by atoms with E-state index in [0.717, 1.165) is 32.1 Å². The molecule has 3 heterocycles. The van der Waals surface area contributed by atoms with Crippen LogP contribution in [-0.4, -0.2) is 31.4 Å². The summed E-state index contributed by atoms with van der Waals surface area (Å²) in [6.45, 7) is 0. The van der Waals surface area contributed by atoms with Crippen molar-refractivity contribution in [2.75, 3.05) is 5.75 Å². The third kappa shape index (κ3) is 4.56. The highest BCUT2D eigenvalue weighted by Gasteiger charge is 2.20. The zero-order chi connectivity index (χ0) is 24.5. The van der Waals surface area contributed by atoms with Crippen LogP contribution in [0.25, 0.3) is 27.3 Å². The van der Waals surface area contributed by atoms with Gasteiger partial charge in [0, 0.05) is 16.3 Å². The number of rotatable bonds is 4. The van der Waals surface area contributed by atoms with Crippen molar-refractivity contribution in [3.63, 3.8) is 0 Å². The van der Waals surface area contributed by atoms with Crippen LogP contribution in [0.5, 0.6) is 0 Å². The third-order valence-electron chi connectivity index (χ3n) is 5.33. The molecule has 0 unspecified atom stereocenters. The Morgan fingerprint density at radius 1 is 0.889 bits per heavy atom. The zero-order valence-corrected chi connectivity index (χ0v) is 21.0. The fraction of sp³-hybridized carbons (Fsp3) is 0.0385. The van der Waals surface area contributed by atoms with Gasteiger partial charge in [0.25, 0.3) is 5.95 Å². The molecule has 0 radical (unpaired) electrons. The zero-order valence-electron chi connectivity index (χ0n) is 18.6. The number of para-hydroxylation sites is 2. The van der Waals surface area contributed by atoms with Crippen LogP contribution < -0.4 is 10.1 Å². The molecule has 0 bridgehead atoms. The maximum absolute atomic E-state index is 11.7. The monoisotopic (exact) mass is 528 g/mol. The van der Waals surface area contributed by atoms with Gasteiger partial charge < -0.3 is 5.32 Å². The van der Waals surface area contributed by atoms with Crippen molar-refractivity contribution >= 4 is 67.8 Å². The minimum atomic E-state index is -0.0865. The lowest BCUT2D eigenvalue weighted by Crippen LogP contribution is -2.20. The molecule has 176 valence electrons. The molecule has 1 amide bonds. The number of hydrogen-bond acceptors (Lipinski definition) is 7. The molecule has 1 aliphatic rings. The van der Waals surface area contributed by atoms with Gasteiger partial charge in [-0.25, -0.2) is 9.98 Å². The summed E-state index contributed by atoms with van der Waals surface area (Å²) in [4.78, 5) is 31.6. The van der Waals surface area contributed by atoms with Crippen LogP contribution in [0.2, 0.25) is 5.02 Å². The summed E-state index contributed by atoms with van der Waals surface area (Å²) < 4.78 is 2.88. The van der Waals surface area contributed by atoms with E-state index >= 15 is 0 Å². The number of benzene rings is 3. The second-order valence-electron chi connectivity index (χ2n) is 7.79. The van der Waals surface area contributed by atoms with Gasteiger partial charge in [-0.1, -0.05) is 83.2 Å². The van der Waals surface area contributed by atoms with E-state index in [-0.39, 0.29) is 11.9 Å². The van der Waals surface area contributed by atoms with Gasteiger partial charge in [-0.05, 0) is 36.4 Å². The topological polar surface area (TPSA) is 84.5 Å². The van der Waals surface area contributed by atoms with Gasteiger partial charge in [0.2, 0.25) is 5.91 Å². The summed E-state index contributed by atoms with van der Waals surface area (Å²) in [5.74, 6) is 0.496. The second-order valence-corrected chi connectivity index (χ2v) is 10.2. The van der Waals surface area contributed by atoms with Gasteiger partial charge in [0.15, 0.2) is 15.6 Å². The molecule has 1 fully saturated rings. The van der Waals surface area contributed by atoms with Crippen molar-refractivity contribution in [3.8, 4) is 16.9 Å². The molecule has 0 aliphatic carbocycles. The number of amidine groups is 1. The maximum Gasteiger partial charge on any atom is 0.254 e. The summed E-state index contributed by atoms with van der Waals surface area (Å²) in [7, 11) is 0. The molecule has 0 saturated carbocycles. The number of nitrogens with one attached hydrogen (secondary N) is 1. The summed E-state index contributed by atoms with van der Waals surface area (Å²) in [5.41, 5.74) is 4.02. The number of carbonyl (C=O) groups is 1. The van der Waals surface area contributed by atoms with Gasteiger partial charge >= 0.3 is 0 Å². The van der Waals surface area contributed by atoms with Gasteiger partial charge in [0.05, 0.1) is 17.1 Å². The molecular weight excluding hydrogens is 512 g/mol. The number of carbonyl (C=O) groups excluding carboxylic acids is 1. The number of hydrogen-bond donors (Lipinski definition) is 1. The molecule has 10 heteroatoms. The van der Waals surface area contributed by atoms with Gasteiger partial charge in [-0.3, -0.25) is 9.36 Å². The Hall–Kier alpha value is -3.79. The summed E-state index contributed by atoms with van der Waals surface area (Å²) in [6, 6.07) is 27.3. The lowest BCUT2D eigenvalue weighted by atomic mass is 10.1. The highest BCUT2D eigenvalue weighted by Crippen LogP contribution is 2.33. The first-order valence-corrected chi connectivity index (χ1v) is 13.2. The molecule has 6 rings (SSSR count). The third-order valence-corrected chi connectivity index (χ3v) is 7.49. The van der Waals surface area contributed by atoms with E-state index in [2.05, 4.69) is 10.3 Å². The van der Waals surface area contributed by atoms with E-state index in [4.69, 9.17) is 26.6 Å². The van der Waals surface area contributed by atoms with E-state index in [0.29, 0.717) is 21.6 Å². The summed E-state index contributed by atoms with van der Waals surface area (Å²) in [6.07, 6.45) is 0. The highest BCUT2D eigenvalue weighted by molar-refractivity contribution is 8.15. The lowest BCUT2D eigenvalue weighted by Gasteiger charge is -2.07. The molecular formula is C26H17ClN6OS2. The standard InChI is InChI=1S/C26H17ClN6OS2/c27-17-13-11-16(12-14-17)21-22-23(31-24(30-21)32-25-29-20(34)15-35-25)33(19-9-5-2-6-10-19)26(36-22)28-18-7-3-1-4-8-18/h1-14H,15H2,(H,29,30,31,32,34). The molecule has 5 aromatic rings. The predicted octanol–water partition coefficient (Wildman–Crippen LogP) is 5.89. The molecule has 1 N–H and O–H groups in total. The summed E-state index contributed by atoms with van der Waals surface area (Å²) in [5, 5.41) is 3.88. The first kappa shape index (κ1) is 22.7. The minimum absolute atomic E-state index is 0.0865. The van der Waals surface area contributed by atoms with Crippen LogP contribution >= 0.6 is 34.7 Å². The first-order valence-electron chi connectivity index (χ1n) is 11.0. The molecule has 1 aliphatic heterocycles. The van der Waals surface area contributed by atoms with E-state index in [1.807, 2.05) is 89.5 Å². The van der Waals surface area contributed by atoms with Crippen LogP contribution in [0.3, 0.4) is 0 Å². The average molecular weight is 529 g/mol. The number of aromatic nitrogens is 3. The van der Waals surface area contributed by atoms with E-state index in [1.165, 1.54) is 23.1 Å². The fourth-order valence-electron chi connectivity index (χ4n) is 3.73. The number of halogens is 1. The van der Waals surface area contributed by atoms with E-state index in [9.17, 15) is 4.79 Å². The number of fused-ring (bicyclic) bond motifs is 1. The van der Waals surface area contributed by atoms with Crippen LogP contribution in [0.1, 0.15) is 0 Å². The van der Waals surface area contributed by atoms with Crippen molar-refractivity contribution in [2.24, 2.45) is 9.98 Å². The SMILES string of the molecule is O=C1CS/C(=N\c2nc(-c3ccc(Cl)cc3)c3sc(=Nc4ccccc4)n(-c4ccccc4)c3n2)N1. The van der Waals surface area contributed by atoms with Crippen LogP contribution in [-0.2, 0) is 4.79 Å². The summed E-state index contributed by atoms with van der Waals surface area (Å²) >= 11 is 9.00. The van der Waals surface area contributed by atoms with Crippen molar-refractivity contribution in [1.29, 1.82) is 0 Å². The Labute approximate surface area is 219 Å². The first-order chi connectivity index (χ1) is 17.6. The van der Waals surface area contributed by atoms with Crippen molar-refractivity contribution in [1.82, 2.24) is 19.9 Å². The van der Waals surface area contributed by atoms with Gasteiger partial charge in [-0.15, -0.1) is 0 Å². The number of nitrogens with zero attached hydrogens (tertiary/aromatic N) is 5. The van der Waals surface area contributed by atoms with Crippen molar-refractivity contribution < 1.29 is 4.79 Å². The van der Waals surface area contributed by atoms with Gasteiger partial charge in [-0.2, -0.15) is 9.98 Å². The molecule has 36 heavy (non-hydrogen) atoms. The number of aliphatic imine (C=N–C) groups is 1. The minimum Gasteiger partial charge on any atom is -0.304 e. The fourth-order valence-corrected chi connectivity index (χ4v) is 5.63. The normalized spacial score (nSPS) is 15.1. The number of thioether (sulfide) groups is 1. The second kappa shape index (κ2) is 9.69. The van der Waals surface area contributed by atoms with Crippen molar-refractivity contribution in [2.45, 2.75) is 0 Å². The van der Waals surface area contributed by atoms with Crippen LogP contribution in [0.4, 0.5) is 11.6 Å². The molecule has 0 atom stereocenters. The molecule has 0 spiro atoms. The Balaban J connectivity index is 1.67. The molecule has 1 saturated heterocycles. The van der Waals surface area contributed by atoms with Crippen molar-refractivity contribution in [3.05, 3.63) is 94.8 Å². The predicted molar refractivity (Wildman–Crippen MR) is 147 cm³/mol. The molecule has 2 aromatic heterocycles. The lowest BCUT2D eigenvalue weighted by molar-refractivity contribution is -0.116. The Bertz CT molecular complexity index is 1680. The Morgan fingerprint density at radius 3 is 2.31 bits per heavy atom.